The van der Waals surface area contributed by atoms with E-state index in [1.54, 1.807) is 0 Å². The van der Waals surface area contributed by atoms with Crippen LogP contribution in [0.3, 0.4) is 0 Å². The quantitative estimate of drug-likeness (QED) is 0.801. The van der Waals surface area contributed by atoms with E-state index < -0.39 is 0 Å². The number of benzene rings is 1. The van der Waals surface area contributed by atoms with Gasteiger partial charge in [-0.25, -0.2) is 0 Å². The minimum Gasteiger partial charge on any atom is -0.508 e. The molecule has 0 radical (unpaired) electrons. The summed E-state index contributed by atoms with van der Waals surface area (Å²) in [6.45, 7) is 6.41. The van der Waals surface area contributed by atoms with Crippen molar-refractivity contribution in [1.29, 1.82) is 0 Å². The molecular weight excluding hydrogens is 198 g/mol. The Bertz CT molecular complexity index is 367. The Morgan fingerprint density at radius 1 is 1.31 bits per heavy atom. The normalized spacial score (nSPS) is 21.0. The van der Waals surface area contributed by atoms with E-state index in [0.29, 0.717) is 5.75 Å². The number of nitrogens with one attached hydrogen (secondary N) is 1. The van der Waals surface area contributed by atoms with Crippen LogP contribution in [0, 0.1) is 19.8 Å². The van der Waals surface area contributed by atoms with Crippen molar-refractivity contribution >= 4 is 0 Å². The van der Waals surface area contributed by atoms with Crippen LogP contribution in [-0.4, -0.2) is 18.2 Å². The summed E-state index contributed by atoms with van der Waals surface area (Å²) in [4.78, 5) is 0. The number of hydrogen-bond acceptors (Lipinski definition) is 2. The van der Waals surface area contributed by atoms with Crippen molar-refractivity contribution in [2.75, 3.05) is 13.1 Å². The van der Waals surface area contributed by atoms with Crippen molar-refractivity contribution in [3.63, 3.8) is 0 Å². The fraction of sp³-hybridized carbons (Fsp3) is 0.571. The first-order chi connectivity index (χ1) is 7.68. The summed E-state index contributed by atoms with van der Waals surface area (Å²) >= 11 is 0. The fourth-order valence-corrected chi connectivity index (χ4v) is 2.49. The highest BCUT2D eigenvalue weighted by atomic mass is 16.3. The molecule has 1 atom stereocenters. The molecule has 1 aliphatic heterocycles. The van der Waals surface area contributed by atoms with Gasteiger partial charge in [0.2, 0.25) is 0 Å². The Morgan fingerprint density at radius 3 is 2.81 bits per heavy atom. The Balaban J connectivity index is 2.11. The zero-order valence-electron chi connectivity index (χ0n) is 10.2. The van der Waals surface area contributed by atoms with E-state index in [9.17, 15) is 5.11 Å². The van der Waals surface area contributed by atoms with Crippen molar-refractivity contribution in [3.8, 4) is 5.75 Å². The van der Waals surface area contributed by atoms with Gasteiger partial charge < -0.3 is 10.4 Å². The lowest BCUT2D eigenvalue weighted by Gasteiger charge is -2.23. The molecule has 1 aromatic carbocycles. The molecule has 0 aliphatic carbocycles. The van der Waals surface area contributed by atoms with Gasteiger partial charge in [0.05, 0.1) is 0 Å². The predicted octanol–water partition coefficient (Wildman–Crippen LogP) is 2.55. The van der Waals surface area contributed by atoms with Gasteiger partial charge in [-0.15, -0.1) is 0 Å². The molecule has 0 saturated carbocycles. The van der Waals surface area contributed by atoms with Crippen LogP contribution in [0.5, 0.6) is 5.75 Å². The molecule has 2 rings (SSSR count). The average molecular weight is 219 g/mol. The molecule has 88 valence electrons. The molecule has 1 unspecified atom stereocenters. The monoisotopic (exact) mass is 219 g/mol. The van der Waals surface area contributed by atoms with Crippen LogP contribution in [0.1, 0.15) is 29.5 Å². The van der Waals surface area contributed by atoms with E-state index in [0.717, 1.165) is 24.4 Å². The van der Waals surface area contributed by atoms with Crippen LogP contribution < -0.4 is 5.32 Å². The topological polar surface area (TPSA) is 32.3 Å². The highest BCUT2D eigenvalue weighted by molar-refractivity contribution is 5.42. The lowest BCUT2D eigenvalue weighted by molar-refractivity contribution is 0.375. The van der Waals surface area contributed by atoms with Crippen LogP contribution in [0.25, 0.3) is 0 Å². The van der Waals surface area contributed by atoms with Gasteiger partial charge in [-0.2, -0.15) is 0 Å². The third-order valence-corrected chi connectivity index (χ3v) is 3.78. The minimum atomic E-state index is 0.419. The summed E-state index contributed by atoms with van der Waals surface area (Å²) in [5, 5.41) is 13.1. The van der Waals surface area contributed by atoms with Gasteiger partial charge >= 0.3 is 0 Å². The van der Waals surface area contributed by atoms with Crippen molar-refractivity contribution in [1.82, 2.24) is 5.32 Å². The molecule has 1 aliphatic rings. The molecule has 0 aromatic heterocycles. The molecule has 1 aromatic rings. The first-order valence-corrected chi connectivity index (χ1v) is 6.17. The summed E-state index contributed by atoms with van der Waals surface area (Å²) in [6.07, 6.45) is 3.76. The minimum absolute atomic E-state index is 0.419. The Labute approximate surface area is 97.7 Å². The Hall–Kier alpha value is -1.02. The largest absolute Gasteiger partial charge is 0.508 e. The lowest BCUT2D eigenvalue weighted by atomic mass is 9.89. The van der Waals surface area contributed by atoms with Crippen LogP contribution in [0.15, 0.2) is 12.1 Å². The van der Waals surface area contributed by atoms with Crippen molar-refractivity contribution in [2.45, 2.75) is 33.1 Å². The highest BCUT2D eigenvalue weighted by Crippen LogP contribution is 2.26. The molecule has 0 bridgehead atoms. The standard InChI is InChI=1S/C14H21NO/c1-10-11(2)14(16)6-5-13(10)8-12-4-3-7-15-9-12/h5-6,12,15-16H,3-4,7-9H2,1-2H3. The molecule has 1 heterocycles. The van der Waals surface area contributed by atoms with Crippen molar-refractivity contribution in [3.05, 3.63) is 28.8 Å². The first kappa shape index (κ1) is 11.5. The molecular formula is C14H21NO. The summed E-state index contributed by atoms with van der Waals surface area (Å²) in [7, 11) is 0. The van der Waals surface area contributed by atoms with Crippen LogP contribution in [0.2, 0.25) is 0 Å². The summed E-state index contributed by atoms with van der Waals surface area (Å²) in [5.41, 5.74) is 3.68. The summed E-state index contributed by atoms with van der Waals surface area (Å²) in [5.74, 6) is 1.18. The van der Waals surface area contributed by atoms with Gasteiger partial charge in [0.15, 0.2) is 0 Å². The molecule has 16 heavy (non-hydrogen) atoms. The van der Waals surface area contributed by atoms with Crippen molar-refractivity contribution in [2.24, 2.45) is 5.92 Å². The summed E-state index contributed by atoms with van der Waals surface area (Å²) < 4.78 is 0. The van der Waals surface area contributed by atoms with E-state index in [1.807, 2.05) is 13.0 Å². The number of rotatable bonds is 2. The molecule has 2 heteroatoms. The molecule has 2 nitrogen and oxygen atoms in total. The summed E-state index contributed by atoms with van der Waals surface area (Å²) in [6, 6.07) is 3.90. The molecule has 0 spiro atoms. The molecule has 0 amide bonds. The van der Waals surface area contributed by atoms with Gasteiger partial charge in [0, 0.05) is 0 Å². The van der Waals surface area contributed by atoms with Crippen LogP contribution >= 0.6 is 0 Å². The highest BCUT2D eigenvalue weighted by Gasteiger charge is 2.15. The second kappa shape index (κ2) is 4.88. The zero-order chi connectivity index (χ0) is 11.5. The third kappa shape index (κ3) is 2.38. The average Bonchev–Trinajstić information content (AvgIpc) is 2.31. The van der Waals surface area contributed by atoms with Crippen molar-refractivity contribution < 1.29 is 5.11 Å². The van der Waals surface area contributed by atoms with Gasteiger partial charge in [0.1, 0.15) is 5.75 Å². The van der Waals surface area contributed by atoms with E-state index in [1.165, 1.54) is 30.5 Å². The number of hydrogen-bond donors (Lipinski definition) is 2. The number of phenolic OH excluding ortho intramolecular Hbond substituents is 1. The Morgan fingerprint density at radius 2 is 2.12 bits per heavy atom. The number of phenols is 1. The molecule has 2 N–H and O–H groups in total. The van der Waals surface area contributed by atoms with Crippen LogP contribution in [-0.2, 0) is 6.42 Å². The fourth-order valence-electron chi connectivity index (χ4n) is 2.49. The van der Waals surface area contributed by atoms with E-state index >= 15 is 0 Å². The maximum atomic E-state index is 9.62. The second-order valence-electron chi connectivity index (χ2n) is 4.91. The van der Waals surface area contributed by atoms with E-state index in [4.69, 9.17) is 0 Å². The second-order valence-corrected chi connectivity index (χ2v) is 4.91. The first-order valence-electron chi connectivity index (χ1n) is 6.17. The van der Waals surface area contributed by atoms with E-state index in [2.05, 4.69) is 18.3 Å². The smallest absolute Gasteiger partial charge is 0.118 e. The number of piperidine rings is 1. The molecule has 1 saturated heterocycles. The van der Waals surface area contributed by atoms with Gasteiger partial charge in [-0.05, 0) is 74.9 Å². The zero-order valence-corrected chi connectivity index (χ0v) is 10.2. The maximum absolute atomic E-state index is 9.62. The van der Waals surface area contributed by atoms with Gasteiger partial charge in [0.25, 0.3) is 0 Å². The van der Waals surface area contributed by atoms with Crippen LogP contribution in [0.4, 0.5) is 0 Å². The van der Waals surface area contributed by atoms with Gasteiger partial charge in [-0.1, -0.05) is 6.07 Å². The number of aromatic hydroxyl groups is 1. The Kier molecular flexibility index (Phi) is 3.49. The lowest BCUT2D eigenvalue weighted by Crippen LogP contribution is -2.31. The SMILES string of the molecule is Cc1c(O)ccc(CC2CCCNC2)c1C. The van der Waals surface area contributed by atoms with Gasteiger partial charge in [-0.3, -0.25) is 0 Å². The predicted molar refractivity (Wildman–Crippen MR) is 66.9 cm³/mol. The third-order valence-electron chi connectivity index (χ3n) is 3.78. The molecule has 1 fully saturated rings. The maximum Gasteiger partial charge on any atom is 0.118 e. The van der Waals surface area contributed by atoms with E-state index in [-0.39, 0.29) is 0 Å².